The maximum atomic E-state index is 4.53. The van der Waals surface area contributed by atoms with Gasteiger partial charge in [-0.05, 0) is 28.5 Å². The van der Waals surface area contributed by atoms with Gasteiger partial charge in [-0.15, -0.1) is 0 Å². The zero-order valence-corrected chi connectivity index (χ0v) is 15.7. The number of nitrogens with one attached hydrogen (secondary N) is 1. The Morgan fingerprint density at radius 2 is 1.96 bits per heavy atom. The summed E-state index contributed by atoms with van der Waals surface area (Å²) >= 11 is 0. The Hall–Kier alpha value is -2.66. The van der Waals surface area contributed by atoms with Crippen molar-refractivity contribution in [3.8, 4) is 11.1 Å². The summed E-state index contributed by atoms with van der Waals surface area (Å²) in [6.07, 6.45) is 5.82. The first-order valence-electron chi connectivity index (χ1n) is 8.94. The maximum Gasteiger partial charge on any atom is 0.130 e. The van der Waals surface area contributed by atoms with Crippen LogP contribution in [0.5, 0.6) is 0 Å². The number of rotatable bonds is 5. The summed E-state index contributed by atoms with van der Waals surface area (Å²) in [6.45, 7) is 11.9. The molecule has 1 aliphatic heterocycles. The Morgan fingerprint density at radius 1 is 1.15 bits per heavy atom. The maximum absolute atomic E-state index is 4.53. The minimum Gasteiger partial charge on any atom is -0.343 e. The van der Waals surface area contributed by atoms with E-state index in [0.717, 1.165) is 53.0 Å². The predicted molar refractivity (Wildman–Crippen MR) is 107 cm³/mol. The summed E-state index contributed by atoms with van der Waals surface area (Å²) in [7, 11) is 1.93. The smallest absolute Gasteiger partial charge is 0.130 e. The highest BCUT2D eigenvalue weighted by Crippen LogP contribution is 2.29. The summed E-state index contributed by atoms with van der Waals surface area (Å²) in [6, 6.07) is 8.48. The molecule has 0 amide bonds. The summed E-state index contributed by atoms with van der Waals surface area (Å²) in [4.78, 5) is 6.93. The number of fused-ring (bicyclic) bond motifs is 1. The van der Waals surface area contributed by atoms with Crippen molar-refractivity contribution in [3.05, 3.63) is 55.1 Å². The number of hydrogen-bond acceptors (Lipinski definition) is 4. The Labute approximate surface area is 154 Å². The molecule has 1 aliphatic rings. The Bertz CT molecular complexity index is 961. The van der Waals surface area contributed by atoms with Crippen molar-refractivity contribution < 1.29 is 0 Å². The van der Waals surface area contributed by atoms with Gasteiger partial charge in [-0.1, -0.05) is 32.6 Å². The van der Waals surface area contributed by atoms with Gasteiger partial charge >= 0.3 is 0 Å². The van der Waals surface area contributed by atoms with Crippen LogP contribution in [0.4, 0.5) is 5.82 Å². The van der Waals surface area contributed by atoms with Crippen LogP contribution in [0.25, 0.3) is 21.9 Å². The topological polar surface area (TPSA) is 46.0 Å². The quantitative estimate of drug-likeness (QED) is 0.760. The highest BCUT2D eigenvalue weighted by molar-refractivity contribution is 5.88. The lowest BCUT2D eigenvalue weighted by molar-refractivity contribution is 0.0404. The van der Waals surface area contributed by atoms with Gasteiger partial charge in [-0.3, -0.25) is 9.58 Å². The molecule has 5 heteroatoms. The van der Waals surface area contributed by atoms with Gasteiger partial charge in [0.15, 0.2) is 0 Å². The van der Waals surface area contributed by atoms with E-state index in [2.05, 4.69) is 65.0 Å². The highest BCUT2D eigenvalue weighted by atomic mass is 15.2. The van der Waals surface area contributed by atoms with E-state index in [-0.39, 0.29) is 0 Å². The Morgan fingerprint density at radius 3 is 2.65 bits per heavy atom. The van der Waals surface area contributed by atoms with Crippen molar-refractivity contribution in [1.82, 2.24) is 19.7 Å². The molecule has 5 nitrogen and oxygen atoms in total. The summed E-state index contributed by atoms with van der Waals surface area (Å²) in [5.74, 6) is 0.839. The van der Waals surface area contributed by atoms with Crippen molar-refractivity contribution in [2.45, 2.75) is 13.8 Å². The SMILES string of the molecule is C=C(CN1CC(C)(C)C1)Nc1cc2cc(-c3cnn(C)c3)ccc2cn1. The van der Waals surface area contributed by atoms with E-state index in [9.17, 15) is 0 Å². The second kappa shape index (κ2) is 6.25. The fraction of sp³-hybridized carbons (Fsp3) is 0.333. The van der Waals surface area contributed by atoms with Crippen molar-refractivity contribution in [2.75, 3.05) is 25.0 Å². The minimum absolute atomic E-state index is 0.435. The van der Waals surface area contributed by atoms with Crippen molar-refractivity contribution in [3.63, 3.8) is 0 Å². The number of pyridine rings is 1. The first-order chi connectivity index (χ1) is 12.4. The standard InChI is InChI=1S/C21H25N5/c1-15(11-26-13-21(2,3)14-26)24-20-8-18-7-16(5-6-17(18)9-22-20)19-10-23-25(4)12-19/h5-10,12H,1,11,13-14H2,2-4H3,(H,22,24). The van der Waals surface area contributed by atoms with Crippen LogP contribution in [-0.2, 0) is 7.05 Å². The number of benzene rings is 1. The average Bonchev–Trinajstić information content (AvgIpc) is 2.99. The molecule has 0 unspecified atom stereocenters. The molecule has 0 spiro atoms. The zero-order chi connectivity index (χ0) is 18.3. The third kappa shape index (κ3) is 3.48. The second-order valence-electron chi connectivity index (χ2n) is 8.07. The van der Waals surface area contributed by atoms with Gasteiger partial charge < -0.3 is 5.32 Å². The molecule has 1 saturated heterocycles. The van der Waals surface area contributed by atoms with E-state index in [1.165, 1.54) is 0 Å². The number of anilines is 1. The molecule has 1 aromatic carbocycles. The molecule has 2 aromatic heterocycles. The molecule has 0 atom stereocenters. The van der Waals surface area contributed by atoms with Crippen LogP contribution in [0.2, 0.25) is 0 Å². The largest absolute Gasteiger partial charge is 0.343 e. The van der Waals surface area contributed by atoms with Crippen molar-refractivity contribution in [1.29, 1.82) is 0 Å². The molecule has 1 fully saturated rings. The molecule has 3 heterocycles. The van der Waals surface area contributed by atoms with Crippen LogP contribution in [0.15, 0.2) is 55.1 Å². The molecular formula is C21H25N5. The lowest BCUT2D eigenvalue weighted by Crippen LogP contribution is -2.53. The van der Waals surface area contributed by atoms with Gasteiger partial charge in [0.25, 0.3) is 0 Å². The summed E-state index contributed by atoms with van der Waals surface area (Å²) in [5, 5.41) is 9.89. The van der Waals surface area contributed by atoms with Crippen LogP contribution < -0.4 is 5.32 Å². The van der Waals surface area contributed by atoms with Gasteiger partial charge in [0.1, 0.15) is 5.82 Å². The van der Waals surface area contributed by atoms with Crippen LogP contribution in [-0.4, -0.2) is 39.3 Å². The van der Waals surface area contributed by atoms with Crippen molar-refractivity contribution in [2.24, 2.45) is 12.5 Å². The Kier molecular flexibility index (Phi) is 4.04. The number of aromatic nitrogens is 3. The van der Waals surface area contributed by atoms with Crippen LogP contribution >= 0.6 is 0 Å². The number of hydrogen-bond donors (Lipinski definition) is 1. The van der Waals surface area contributed by atoms with E-state index >= 15 is 0 Å². The van der Waals surface area contributed by atoms with E-state index in [1.54, 1.807) is 0 Å². The van der Waals surface area contributed by atoms with Gasteiger partial charge in [0, 0.05) is 55.7 Å². The van der Waals surface area contributed by atoms with Crippen LogP contribution in [0.1, 0.15) is 13.8 Å². The summed E-state index contributed by atoms with van der Waals surface area (Å²) in [5.41, 5.74) is 3.69. The second-order valence-corrected chi connectivity index (χ2v) is 8.07. The monoisotopic (exact) mass is 347 g/mol. The minimum atomic E-state index is 0.435. The molecule has 134 valence electrons. The average molecular weight is 347 g/mol. The first-order valence-corrected chi connectivity index (χ1v) is 8.94. The molecular weight excluding hydrogens is 322 g/mol. The van der Waals surface area contributed by atoms with E-state index in [4.69, 9.17) is 0 Å². The van der Waals surface area contributed by atoms with Crippen LogP contribution in [0.3, 0.4) is 0 Å². The lowest BCUT2D eigenvalue weighted by atomic mass is 9.84. The van der Waals surface area contributed by atoms with E-state index in [1.807, 2.05) is 30.3 Å². The third-order valence-electron chi connectivity index (χ3n) is 4.78. The van der Waals surface area contributed by atoms with Gasteiger partial charge in [0.05, 0.1) is 6.20 Å². The van der Waals surface area contributed by atoms with Gasteiger partial charge in [-0.2, -0.15) is 5.10 Å². The van der Waals surface area contributed by atoms with Crippen LogP contribution in [0, 0.1) is 5.41 Å². The van der Waals surface area contributed by atoms with Gasteiger partial charge in [0.2, 0.25) is 0 Å². The number of aryl methyl sites for hydroxylation is 1. The molecule has 0 bridgehead atoms. The Balaban J connectivity index is 1.50. The molecule has 0 radical (unpaired) electrons. The molecule has 3 aromatic rings. The fourth-order valence-corrected chi connectivity index (χ4v) is 3.73. The fourth-order valence-electron chi connectivity index (χ4n) is 3.73. The molecule has 0 aliphatic carbocycles. The number of nitrogens with zero attached hydrogens (tertiary/aromatic N) is 4. The molecule has 1 N–H and O–H groups in total. The molecule has 26 heavy (non-hydrogen) atoms. The third-order valence-corrected chi connectivity index (χ3v) is 4.78. The molecule has 4 rings (SSSR count). The normalized spacial score (nSPS) is 16.4. The summed E-state index contributed by atoms with van der Waals surface area (Å²) < 4.78 is 1.82. The van der Waals surface area contributed by atoms with E-state index < -0.39 is 0 Å². The van der Waals surface area contributed by atoms with Gasteiger partial charge in [-0.25, -0.2) is 4.98 Å². The number of likely N-dealkylation sites (tertiary alicyclic amines) is 1. The van der Waals surface area contributed by atoms with Crippen molar-refractivity contribution >= 4 is 16.6 Å². The lowest BCUT2D eigenvalue weighted by Gasteiger charge is -2.46. The first kappa shape index (κ1) is 16.8. The van der Waals surface area contributed by atoms with E-state index in [0.29, 0.717) is 5.41 Å². The zero-order valence-electron chi connectivity index (χ0n) is 15.7. The highest BCUT2D eigenvalue weighted by Gasteiger charge is 2.33. The molecule has 0 saturated carbocycles. The predicted octanol–water partition coefficient (Wildman–Crippen LogP) is 3.90.